The molecule has 10 aromatic rings. The minimum absolute atomic E-state index is 0.0359. The monoisotopic (exact) mass is 780 g/mol. The molecule has 61 heavy (non-hydrogen) atoms. The van der Waals surface area contributed by atoms with E-state index in [9.17, 15) is 0 Å². The number of hydrogen-bond acceptors (Lipinski definition) is 4. The van der Waals surface area contributed by atoms with Crippen LogP contribution in [0.15, 0.2) is 206 Å². The van der Waals surface area contributed by atoms with Crippen LogP contribution in [-0.4, -0.2) is 25.6 Å². The molecular formula is C56H36N4O. The summed E-state index contributed by atoms with van der Waals surface area (Å²) in [6.07, 6.45) is 8.68. The van der Waals surface area contributed by atoms with Crippen LogP contribution in [0.1, 0.15) is 33.7 Å². The Hall–Kier alpha value is -7.89. The molecule has 2 atom stereocenters. The molecule has 0 bridgehead atoms. The van der Waals surface area contributed by atoms with Crippen molar-refractivity contribution in [1.82, 2.24) is 19.5 Å². The lowest BCUT2D eigenvalue weighted by molar-refractivity contribution is 0.265. The summed E-state index contributed by atoms with van der Waals surface area (Å²) >= 11 is 0. The Bertz CT molecular complexity index is 3440. The predicted octanol–water partition coefficient (Wildman–Crippen LogP) is 12.8. The molecule has 2 aromatic heterocycles. The van der Waals surface area contributed by atoms with Gasteiger partial charge in [0, 0.05) is 38.9 Å². The normalized spacial score (nSPS) is 16.7. The number of allylic oxidation sites excluding steroid dienone is 2. The molecule has 8 aromatic carbocycles. The van der Waals surface area contributed by atoms with Gasteiger partial charge >= 0.3 is 0 Å². The fourth-order valence-electron chi connectivity index (χ4n) is 10.4. The summed E-state index contributed by atoms with van der Waals surface area (Å²) in [5.74, 6) is 2.96. The first-order chi connectivity index (χ1) is 30.2. The summed E-state index contributed by atoms with van der Waals surface area (Å²) in [5.41, 5.74) is 11.8. The van der Waals surface area contributed by atoms with Crippen molar-refractivity contribution in [2.24, 2.45) is 0 Å². The van der Waals surface area contributed by atoms with E-state index in [1.807, 2.05) is 18.2 Å². The molecule has 3 heterocycles. The third-order valence-corrected chi connectivity index (χ3v) is 13.1. The van der Waals surface area contributed by atoms with Gasteiger partial charge in [-0.3, -0.25) is 4.57 Å². The van der Waals surface area contributed by atoms with Gasteiger partial charge in [0.1, 0.15) is 11.9 Å². The quantitative estimate of drug-likeness (QED) is 0.175. The van der Waals surface area contributed by atoms with E-state index in [1.54, 1.807) is 0 Å². The van der Waals surface area contributed by atoms with Crippen LogP contribution in [0.2, 0.25) is 0 Å². The Morgan fingerprint density at radius 2 is 1.15 bits per heavy atom. The van der Waals surface area contributed by atoms with Gasteiger partial charge in [-0.2, -0.15) is 9.97 Å². The zero-order valence-corrected chi connectivity index (χ0v) is 33.0. The van der Waals surface area contributed by atoms with E-state index in [-0.39, 0.29) is 12.0 Å². The Labute approximate surface area is 352 Å². The Morgan fingerprint density at radius 1 is 0.475 bits per heavy atom. The smallest absolute Gasteiger partial charge is 0.238 e. The topological polar surface area (TPSA) is 52.8 Å². The van der Waals surface area contributed by atoms with Crippen molar-refractivity contribution in [3.63, 3.8) is 0 Å². The summed E-state index contributed by atoms with van der Waals surface area (Å²) in [7, 11) is 0. The number of benzene rings is 8. The van der Waals surface area contributed by atoms with Crippen LogP contribution in [0.4, 0.5) is 0 Å². The first kappa shape index (κ1) is 34.0. The average molecular weight is 781 g/mol. The lowest BCUT2D eigenvalue weighted by Gasteiger charge is -2.35. The third kappa shape index (κ3) is 4.92. The summed E-state index contributed by atoms with van der Waals surface area (Å²) in [5, 5.41) is 4.55. The van der Waals surface area contributed by atoms with Gasteiger partial charge in [0.25, 0.3) is 0 Å². The van der Waals surface area contributed by atoms with Crippen LogP contribution in [0.25, 0.3) is 72.4 Å². The van der Waals surface area contributed by atoms with Crippen LogP contribution in [0.3, 0.4) is 0 Å². The van der Waals surface area contributed by atoms with E-state index >= 15 is 0 Å². The highest BCUT2D eigenvalue weighted by Crippen LogP contribution is 2.60. The number of aromatic nitrogens is 4. The van der Waals surface area contributed by atoms with Crippen LogP contribution >= 0.6 is 0 Å². The van der Waals surface area contributed by atoms with Crippen molar-refractivity contribution < 1.29 is 4.74 Å². The molecule has 0 spiro atoms. The molecule has 2 aliphatic carbocycles. The molecule has 1 aliphatic heterocycles. The maximum absolute atomic E-state index is 7.01. The second-order valence-electron chi connectivity index (χ2n) is 16.2. The number of fused-ring (bicyclic) bond motifs is 10. The van der Waals surface area contributed by atoms with Crippen molar-refractivity contribution in [2.45, 2.75) is 17.4 Å². The predicted molar refractivity (Wildman–Crippen MR) is 245 cm³/mol. The summed E-state index contributed by atoms with van der Waals surface area (Å²) in [6, 6.07) is 65.2. The second kappa shape index (κ2) is 13.1. The maximum atomic E-state index is 7.01. The van der Waals surface area contributed by atoms with Crippen LogP contribution in [0.5, 0.6) is 5.75 Å². The zero-order valence-electron chi connectivity index (χ0n) is 33.0. The number of ether oxygens (including phenoxy) is 1. The van der Waals surface area contributed by atoms with E-state index in [2.05, 4.69) is 193 Å². The SMILES string of the molecule is C1=CC2Oc3c(cccc3C3(c4ccc5c(c4)c4ccccc4n5-c4nc(-c5ccccc5)nc(-c5ccc6ccccc6c5)n4)c4ccccc4-c4ccccc43)C2C=C1. The molecule has 286 valence electrons. The molecular weight excluding hydrogens is 745 g/mol. The van der Waals surface area contributed by atoms with Gasteiger partial charge in [0.15, 0.2) is 11.6 Å². The molecule has 5 heteroatoms. The van der Waals surface area contributed by atoms with Crippen molar-refractivity contribution in [3.05, 3.63) is 234 Å². The van der Waals surface area contributed by atoms with E-state index in [0.29, 0.717) is 17.6 Å². The van der Waals surface area contributed by atoms with Gasteiger partial charge in [0.05, 0.1) is 16.4 Å². The van der Waals surface area contributed by atoms with Gasteiger partial charge in [-0.15, -0.1) is 0 Å². The second-order valence-corrected chi connectivity index (χ2v) is 16.2. The molecule has 0 fully saturated rings. The molecule has 13 rings (SSSR count). The largest absolute Gasteiger partial charge is 0.485 e. The molecule has 0 N–H and O–H groups in total. The van der Waals surface area contributed by atoms with E-state index in [4.69, 9.17) is 19.7 Å². The number of hydrogen-bond donors (Lipinski definition) is 0. The number of nitrogens with zero attached hydrogens (tertiary/aromatic N) is 4. The lowest BCUT2D eigenvalue weighted by atomic mass is 9.66. The van der Waals surface area contributed by atoms with Gasteiger partial charge in [-0.1, -0.05) is 176 Å². The first-order valence-corrected chi connectivity index (χ1v) is 20.9. The summed E-state index contributed by atoms with van der Waals surface area (Å²) in [4.78, 5) is 15.6. The highest BCUT2D eigenvalue weighted by atomic mass is 16.5. The van der Waals surface area contributed by atoms with Crippen molar-refractivity contribution >= 4 is 32.6 Å². The summed E-state index contributed by atoms with van der Waals surface area (Å²) in [6.45, 7) is 0. The molecule has 0 saturated carbocycles. The number of para-hydroxylation sites is 2. The third-order valence-electron chi connectivity index (χ3n) is 13.1. The van der Waals surface area contributed by atoms with E-state index in [0.717, 1.165) is 49.6 Å². The average Bonchev–Trinajstić information content (AvgIpc) is 3.98. The van der Waals surface area contributed by atoms with Gasteiger partial charge in [-0.25, -0.2) is 4.98 Å². The minimum Gasteiger partial charge on any atom is -0.485 e. The Kier molecular flexibility index (Phi) is 7.28. The summed E-state index contributed by atoms with van der Waals surface area (Å²) < 4.78 is 9.22. The molecule has 2 unspecified atom stereocenters. The molecule has 5 nitrogen and oxygen atoms in total. The first-order valence-electron chi connectivity index (χ1n) is 20.9. The zero-order chi connectivity index (χ0) is 40.1. The molecule has 0 radical (unpaired) electrons. The van der Waals surface area contributed by atoms with Crippen molar-refractivity contribution in [3.8, 4) is 45.6 Å². The molecule has 0 saturated heterocycles. The molecule has 3 aliphatic rings. The van der Waals surface area contributed by atoms with Crippen molar-refractivity contribution in [2.75, 3.05) is 0 Å². The number of rotatable bonds is 5. The molecule has 0 amide bonds. The van der Waals surface area contributed by atoms with Gasteiger partial charge in [0.2, 0.25) is 5.95 Å². The minimum atomic E-state index is -0.659. The maximum Gasteiger partial charge on any atom is 0.238 e. The van der Waals surface area contributed by atoms with E-state index < -0.39 is 5.41 Å². The lowest BCUT2D eigenvalue weighted by Crippen LogP contribution is -2.29. The van der Waals surface area contributed by atoms with Crippen molar-refractivity contribution in [1.29, 1.82) is 0 Å². The van der Waals surface area contributed by atoms with Gasteiger partial charge in [-0.05, 0) is 68.9 Å². The Morgan fingerprint density at radius 3 is 1.98 bits per heavy atom. The highest BCUT2D eigenvalue weighted by molar-refractivity contribution is 6.09. The van der Waals surface area contributed by atoms with Crippen LogP contribution < -0.4 is 4.74 Å². The highest BCUT2D eigenvalue weighted by Gasteiger charge is 2.49. The fraction of sp³-hybridized carbons (Fsp3) is 0.0536. The van der Waals surface area contributed by atoms with Gasteiger partial charge < -0.3 is 4.74 Å². The standard InChI is InChI=1S/C56H36N4O/c1-2-16-36(17-3-1)53-57-54(38-30-29-35-15-4-5-18-37(35)33-38)59-55(58-53)60-49-27-12-8-21-42(49)45-34-39(31-32-50(45)60)56(46-24-10-6-19-40(46)41-20-7-11-25-47(41)56)48-26-14-23-44-43-22-9-13-28-51(43)61-52(44)48/h1-34,43,51H. The Balaban J connectivity index is 1.08. The van der Waals surface area contributed by atoms with Crippen LogP contribution in [-0.2, 0) is 5.41 Å². The van der Waals surface area contributed by atoms with Crippen LogP contribution in [0, 0.1) is 0 Å². The fourth-order valence-corrected chi connectivity index (χ4v) is 10.4. The van der Waals surface area contributed by atoms with E-state index in [1.165, 1.54) is 38.8 Å².